The highest BCUT2D eigenvalue weighted by molar-refractivity contribution is 5.35. The molecule has 1 aromatic rings. The summed E-state index contributed by atoms with van der Waals surface area (Å²) in [5.74, 6) is -0.177. The highest BCUT2D eigenvalue weighted by Crippen LogP contribution is 2.32. The fourth-order valence-corrected chi connectivity index (χ4v) is 2.60. The summed E-state index contributed by atoms with van der Waals surface area (Å²) in [6, 6.07) is 5.20. The van der Waals surface area contributed by atoms with Gasteiger partial charge in [-0.3, -0.25) is 0 Å². The first kappa shape index (κ1) is 13.5. The molecule has 2 rings (SSSR count). The van der Waals surface area contributed by atoms with Crippen LogP contribution in [0.15, 0.2) is 18.2 Å². The van der Waals surface area contributed by atoms with E-state index in [2.05, 4.69) is 5.32 Å². The molecular formula is C15H22FNO. The first-order valence-electron chi connectivity index (χ1n) is 6.82. The van der Waals surface area contributed by atoms with Crippen molar-refractivity contribution in [1.82, 2.24) is 5.32 Å². The zero-order valence-corrected chi connectivity index (χ0v) is 11.2. The van der Waals surface area contributed by atoms with Gasteiger partial charge in [-0.05, 0) is 48.9 Å². The summed E-state index contributed by atoms with van der Waals surface area (Å²) in [4.78, 5) is 0. The van der Waals surface area contributed by atoms with Gasteiger partial charge in [0.15, 0.2) is 0 Å². The molecule has 0 aromatic heterocycles. The summed E-state index contributed by atoms with van der Waals surface area (Å²) in [7, 11) is 0. The summed E-state index contributed by atoms with van der Waals surface area (Å²) in [5, 5.41) is 13.6. The number of benzene rings is 1. The number of hydrogen-bond donors (Lipinski definition) is 2. The van der Waals surface area contributed by atoms with Crippen molar-refractivity contribution < 1.29 is 9.50 Å². The second-order valence-electron chi connectivity index (χ2n) is 5.25. The Balaban J connectivity index is 2.04. The monoisotopic (exact) mass is 251 g/mol. The second-order valence-corrected chi connectivity index (χ2v) is 5.25. The smallest absolute Gasteiger partial charge is 0.123 e. The highest BCUT2D eigenvalue weighted by atomic mass is 19.1. The van der Waals surface area contributed by atoms with Gasteiger partial charge in [0.25, 0.3) is 0 Å². The van der Waals surface area contributed by atoms with Crippen LogP contribution in [0.1, 0.15) is 50.3 Å². The topological polar surface area (TPSA) is 32.3 Å². The van der Waals surface area contributed by atoms with E-state index in [0.29, 0.717) is 6.54 Å². The van der Waals surface area contributed by atoms with E-state index in [1.54, 1.807) is 6.07 Å². The minimum Gasteiger partial charge on any atom is -0.389 e. The summed E-state index contributed by atoms with van der Waals surface area (Å²) >= 11 is 0. The van der Waals surface area contributed by atoms with Gasteiger partial charge in [0.2, 0.25) is 0 Å². The summed E-state index contributed by atoms with van der Waals surface area (Å²) < 4.78 is 13.3. The molecule has 0 bridgehead atoms. The molecule has 1 aliphatic rings. The average molecular weight is 251 g/mol. The average Bonchev–Trinajstić information content (AvgIpc) is 2.78. The molecule has 1 aliphatic carbocycles. The van der Waals surface area contributed by atoms with Crippen molar-refractivity contribution in [3.05, 3.63) is 35.1 Å². The van der Waals surface area contributed by atoms with Crippen LogP contribution in [0.2, 0.25) is 0 Å². The molecule has 2 nitrogen and oxygen atoms in total. The number of halogens is 1. The largest absolute Gasteiger partial charge is 0.389 e. The van der Waals surface area contributed by atoms with Crippen LogP contribution in [0.4, 0.5) is 4.39 Å². The van der Waals surface area contributed by atoms with Crippen LogP contribution in [0.25, 0.3) is 0 Å². The highest BCUT2D eigenvalue weighted by Gasteiger charge is 2.27. The number of hydrogen-bond acceptors (Lipinski definition) is 2. The van der Waals surface area contributed by atoms with Crippen LogP contribution >= 0.6 is 0 Å². The number of fused-ring (bicyclic) bond motifs is 1. The Morgan fingerprint density at radius 1 is 1.39 bits per heavy atom. The van der Waals surface area contributed by atoms with Gasteiger partial charge in [0.05, 0.1) is 5.60 Å². The predicted octanol–water partition coefficient (Wildman–Crippen LogP) is 2.95. The van der Waals surface area contributed by atoms with Gasteiger partial charge in [0.1, 0.15) is 5.82 Å². The van der Waals surface area contributed by atoms with E-state index in [4.69, 9.17) is 0 Å². The van der Waals surface area contributed by atoms with Crippen molar-refractivity contribution in [3.8, 4) is 0 Å². The third-order valence-electron chi connectivity index (χ3n) is 4.18. The lowest BCUT2D eigenvalue weighted by atomic mass is 9.96. The van der Waals surface area contributed by atoms with E-state index < -0.39 is 5.60 Å². The third-order valence-corrected chi connectivity index (χ3v) is 4.18. The normalized spacial score (nSPS) is 19.0. The Hall–Kier alpha value is -0.930. The summed E-state index contributed by atoms with van der Waals surface area (Å²) in [6.45, 7) is 4.56. The first-order valence-corrected chi connectivity index (χ1v) is 6.82. The molecule has 2 N–H and O–H groups in total. The molecule has 1 unspecified atom stereocenters. The molecule has 18 heavy (non-hydrogen) atoms. The van der Waals surface area contributed by atoms with Crippen molar-refractivity contribution in [3.63, 3.8) is 0 Å². The zero-order valence-electron chi connectivity index (χ0n) is 11.2. The molecule has 1 aromatic carbocycles. The third kappa shape index (κ3) is 2.73. The molecule has 3 heteroatoms. The van der Waals surface area contributed by atoms with E-state index in [0.717, 1.165) is 31.2 Å². The molecule has 0 spiro atoms. The van der Waals surface area contributed by atoms with Gasteiger partial charge in [-0.15, -0.1) is 0 Å². The summed E-state index contributed by atoms with van der Waals surface area (Å²) in [6.07, 6.45) is 3.45. The molecule has 0 fully saturated rings. The van der Waals surface area contributed by atoms with E-state index >= 15 is 0 Å². The molecule has 1 atom stereocenters. The molecular weight excluding hydrogens is 229 g/mol. The van der Waals surface area contributed by atoms with E-state index in [9.17, 15) is 9.50 Å². The molecule has 100 valence electrons. The standard InChI is InChI=1S/C15H22FNO/c1-3-15(18,4-2)10-17-14-8-6-11-5-7-12(16)9-13(11)14/h5,7,9,14,17-18H,3-4,6,8,10H2,1-2H3. The first-order chi connectivity index (χ1) is 8.58. The lowest BCUT2D eigenvalue weighted by Gasteiger charge is -2.27. The number of aryl methyl sites for hydroxylation is 1. The molecule has 0 radical (unpaired) electrons. The Morgan fingerprint density at radius 2 is 2.11 bits per heavy atom. The van der Waals surface area contributed by atoms with Crippen LogP contribution in [0, 0.1) is 5.82 Å². The van der Waals surface area contributed by atoms with E-state index in [1.807, 2.05) is 19.9 Å². The van der Waals surface area contributed by atoms with Crippen LogP contribution in [-0.2, 0) is 6.42 Å². The van der Waals surface area contributed by atoms with Gasteiger partial charge in [0, 0.05) is 12.6 Å². The minimum absolute atomic E-state index is 0.177. The predicted molar refractivity (Wildman–Crippen MR) is 71.0 cm³/mol. The fraction of sp³-hybridized carbons (Fsp3) is 0.600. The van der Waals surface area contributed by atoms with Crippen LogP contribution < -0.4 is 5.32 Å². The lowest BCUT2D eigenvalue weighted by Crippen LogP contribution is -2.40. The number of aliphatic hydroxyl groups is 1. The summed E-state index contributed by atoms with van der Waals surface area (Å²) in [5.41, 5.74) is 1.64. The Kier molecular flexibility index (Phi) is 4.03. The van der Waals surface area contributed by atoms with Gasteiger partial charge in [-0.25, -0.2) is 4.39 Å². The van der Waals surface area contributed by atoms with E-state index in [1.165, 1.54) is 11.6 Å². The maximum absolute atomic E-state index is 13.3. The fourth-order valence-electron chi connectivity index (χ4n) is 2.60. The van der Waals surface area contributed by atoms with Crippen molar-refractivity contribution in [2.45, 2.75) is 51.2 Å². The maximum atomic E-state index is 13.3. The lowest BCUT2D eigenvalue weighted by molar-refractivity contribution is 0.0298. The molecule has 0 heterocycles. The van der Waals surface area contributed by atoms with Crippen LogP contribution in [-0.4, -0.2) is 17.3 Å². The van der Waals surface area contributed by atoms with Gasteiger partial charge < -0.3 is 10.4 Å². The molecule has 0 saturated carbocycles. The SMILES string of the molecule is CCC(O)(CC)CNC1CCc2ccc(F)cc21. The zero-order chi connectivity index (χ0) is 13.2. The molecule has 0 aliphatic heterocycles. The number of rotatable bonds is 5. The van der Waals surface area contributed by atoms with Crippen LogP contribution in [0.5, 0.6) is 0 Å². The minimum atomic E-state index is -0.643. The van der Waals surface area contributed by atoms with Gasteiger partial charge in [-0.1, -0.05) is 19.9 Å². The molecule has 0 saturated heterocycles. The van der Waals surface area contributed by atoms with Crippen molar-refractivity contribution in [2.24, 2.45) is 0 Å². The Bertz CT molecular complexity index is 415. The van der Waals surface area contributed by atoms with E-state index in [-0.39, 0.29) is 11.9 Å². The second kappa shape index (κ2) is 5.37. The quantitative estimate of drug-likeness (QED) is 0.843. The van der Waals surface area contributed by atoms with Crippen LogP contribution in [0.3, 0.4) is 0 Å². The molecule has 0 amide bonds. The maximum Gasteiger partial charge on any atom is 0.123 e. The van der Waals surface area contributed by atoms with Crippen molar-refractivity contribution in [2.75, 3.05) is 6.54 Å². The number of nitrogens with one attached hydrogen (secondary N) is 1. The Morgan fingerprint density at radius 3 is 2.78 bits per heavy atom. The van der Waals surface area contributed by atoms with Crippen molar-refractivity contribution >= 4 is 0 Å². The van der Waals surface area contributed by atoms with Gasteiger partial charge in [-0.2, -0.15) is 0 Å². The Labute approximate surface area is 108 Å². The van der Waals surface area contributed by atoms with Gasteiger partial charge >= 0.3 is 0 Å². The van der Waals surface area contributed by atoms with Crippen molar-refractivity contribution in [1.29, 1.82) is 0 Å².